The predicted octanol–water partition coefficient (Wildman–Crippen LogP) is 2.90. The third-order valence-corrected chi connectivity index (χ3v) is 13.5. The van der Waals surface area contributed by atoms with E-state index in [9.17, 15) is 24.0 Å². The number of piperidine rings is 2. The van der Waals surface area contributed by atoms with Crippen molar-refractivity contribution in [3.63, 3.8) is 0 Å². The van der Waals surface area contributed by atoms with Crippen LogP contribution in [0.4, 0.5) is 9.59 Å². The van der Waals surface area contributed by atoms with Crippen LogP contribution < -0.4 is 27.0 Å². The molecule has 0 bridgehead atoms. The molecule has 434 valence electrons. The van der Waals surface area contributed by atoms with Crippen LogP contribution in [-0.4, -0.2) is 234 Å². The van der Waals surface area contributed by atoms with E-state index in [0.717, 1.165) is 144 Å². The Balaban J connectivity index is 0.000000226. The Kier molecular flexibility index (Phi) is 28.7. The second kappa shape index (κ2) is 34.0. The van der Waals surface area contributed by atoms with Gasteiger partial charge in [-0.2, -0.15) is 0 Å². The number of likely N-dealkylation sites (tertiary alicyclic amines) is 2. The Morgan fingerprint density at radius 1 is 0.566 bits per heavy atom. The average molecular weight is 1080 g/mol. The number of hydrogen-bond donors (Lipinski definition) is 5. The molecule has 21 nitrogen and oxygen atoms in total. The summed E-state index contributed by atoms with van der Waals surface area (Å²) in [5.41, 5.74) is 6.15. The van der Waals surface area contributed by atoms with Crippen molar-refractivity contribution in [2.24, 2.45) is 17.6 Å². The second-order valence-corrected chi connectivity index (χ2v) is 22.8. The lowest BCUT2D eigenvalue weighted by Crippen LogP contribution is -2.50. The van der Waals surface area contributed by atoms with Gasteiger partial charge in [0.25, 0.3) is 0 Å². The van der Waals surface area contributed by atoms with E-state index in [1.54, 1.807) is 0 Å². The van der Waals surface area contributed by atoms with E-state index in [1.807, 2.05) is 57.4 Å². The van der Waals surface area contributed by atoms with Gasteiger partial charge < -0.3 is 65.2 Å². The standard InChI is InChI=1S/C18H33N3O4.C16H31N3O3.C14H20N2O2.C7H14N2O2/c1-14(22)19-11-16-13-20(9-10-24-16)12-15-5-7-21(8-6-15)17(23)25-18(2,3)4;1-16(2,3)22-15(20)19-6-4-13(5-7-19)11-18-8-9-21-14(10-17)12-18;1-12(17)15-9-14-11-16(7-8-18-14)10-13-5-3-2-4-6-13;1-6(10)9-5-7-4-8-2-3-11-7/h15-16H,5-13H2,1-4H3,(H,19,22);13-14H,4-12,17H2,1-3H3;2-6,14H,7-11H2,1H3,(H,15,17);7-8H,2-5H2,1H3,(H,9,10). The highest BCUT2D eigenvalue weighted by Gasteiger charge is 2.31. The van der Waals surface area contributed by atoms with Gasteiger partial charge in [-0.05, 0) is 84.6 Å². The van der Waals surface area contributed by atoms with Crippen LogP contribution in [-0.2, 0) is 49.3 Å². The normalized spacial score (nSPS) is 23.4. The fourth-order valence-corrected chi connectivity index (χ4v) is 9.55. The van der Waals surface area contributed by atoms with E-state index in [1.165, 1.54) is 26.3 Å². The molecule has 1 aromatic carbocycles. The number of carbonyl (C=O) groups is 5. The van der Waals surface area contributed by atoms with Crippen molar-refractivity contribution in [2.45, 2.75) is 130 Å². The summed E-state index contributed by atoms with van der Waals surface area (Å²) in [5, 5.41) is 11.5. The van der Waals surface area contributed by atoms with Crippen molar-refractivity contribution in [3.8, 4) is 0 Å². The molecule has 5 amide bonds. The molecule has 0 aliphatic carbocycles. The van der Waals surface area contributed by atoms with E-state index in [4.69, 9.17) is 34.2 Å². The maximum absolute atomic E-state index is 12.1. The van der Waals surface area contributed by atoms with Crippen molar-refractivity contribution in [2.75, 3.05) is 144 Å². The van der Waals surface area contributed by atoms with Crippen LogP contribution in [0.25, 0.3) is 0 Å². The molecule has 6 aliphatic heterocycles. The molecule has 6 heterocycles. The summed E-state index contributed by atoms with van der Waals surface area (Å²) < 4.78 is 33.2. The molecule has 6 saturated heterocycles. The smallest absolute Gasteiger partial charge is 0.410 e. The van der Waals surface area contributed by atoms with Crippen LogP contribution in [0.15, 0.2) is 30.3 Å². The maximum atomic E-state index is 12.1. The summed E-state index contributed by atoms with van der Waals surface area (Å²) in [4.78, 5) is 67.5. The summed E-state index contributed by atoms with van der Waals surface area (Å²) in [6, 6.07) is 10.4. The van der Waals surface area contributed by atoms with Crippen molar-refractivity contribution in [1.29, 1.82) is 0 Å². The van der Waals surface area contributed by atoms with Crippen LogP contribution in [0.5, 0.6) is 0 Å². The van der Waals surface area contributed by atoms with Gasteiger partial charge in [0.15, 0.2) is 0 Å². The van der Waals surface area contributed by atoms with Gasteiger partial charge in [-0.3, -0.25) is 29.1 Å². The molecule has 7 rings (SSSR count). The molecule has 0 aromatic heterocycles. The predicted molar refractivity (Wildman–Crippen MR) is 293 cm³/mol. The third-order valence-electron chi connectivity index (χ3n) is 13.5. The quantitative estimate of drug-likeness (QED) is 0.191. The fraction of sp³-hybridized carbons (Fsp3) is 0.800. The molecule has 0 saturated carbocycles. The third kappa shape index (κ3) is 27.9. The van der Waals surface area contributed by atoms with Crippen molar-refractivity contribution < 1.29 is 52.4 Å². The number of nitrogens with two attached hydrogens (primary N) is 1. The molecule has 6 fully saturated rings. The van der Waals surface area contributed by atoms with Crippen molar-refractivity contribution in [1.82, 2.24) is 45.8 Å². The molecule has 21 heteroatoms. The number of carbonyl (C=O) groups excluding carboxylic acids is 5. The molecule has 4 unspecified atom stereocenters. The van der Waals surface area contributed by atoms with E-state index in [0.29, 0.717) is 44.6 Å². The van der Waals surface area contributed by atoms with Gasteiger partial charge >= 0.3 is 12.2 Å². The Morgan fingerprint density at radius 3 is 1.37 bits per heavy atom. The molecule has 1 aromatic rings. The number of rotatable bonds is 13. The molecular formula is C55H98N10O11. The Labute approximate surface area is 454 Å². The second-order valence-electron chi connectivity index (χ2n) is 22.8. The first kappa shape index (κ1) is 64.3. The van der Waals surface area contributed by atoms with E-state index in [2.05, 4.69) is 60.2 Å². The van der Waals surface area contributed by atoms with Crippen molar-refractivity contribution >= 4 is 29.9 Å². The summed E-state index contributed by atoms with van der Waals surface area (Å²) >= 11 is 0. The highest BCUT2D eigenvalue weighted by Crippen LogP contribution is 2.23. The van der Waals surface area contributed by atoms with Gasteiger partial charge in [-0.1, -0.05) is 30.3 Å². The highest BCUT2D eigenvalue weighted by atomic mass is 16.6. The lowest BCUT2D eigenvalue weighted by Gasteiger charge is -2.38. The van der Waals surface area contributed by atoms with E-state index in [-0.39, 0.29) is 54.3 Å². The molecule has 6 N–H and O–H groups in total. The zero-order valence-corrected chi connectivity index (χ0v) is 47.7. The Hall–Kier alpha value is -4.19. The highest BCUT2D eigenvalue weighted by molar-refractivity contribution is 5.73. The fourth-order valence-electron chi connectivity index (χ4n) is 9.55. The molecule has 0 radical (unpaired) electrons. The maximum Gasteiger partial charge on any atom is 0.410 e. The first-order valence-electron chi connectivity index (χ1n) is 27.9. The summed E-state index contributed by atoms with van der Waals surface area (Å²) in [6.45, 7) is 34.8. The zero-order chi connectivity index (χ0) is 55.5. The van der Waals surface area contributed by atoms with Crippen molar-refractivity contribution in [3.05, 3.63) is 35.9 Å². The van der Waals surface area contributed by atoms with Gasteiger partial charge in [0.1, 0.15) is 11.2 Å². The average Bonchev–Trinajstić information content (AvgIpc) is 3.38. The Morgan fingerprint density at radius 2 is 0.961 bits per heavy atom. The van der Waals surface area contributed by atoms with Gasteiger partial charge in [0.05, 0.1) is 50.8 Å². The lowest BCUT2D eigenvalue weighted by atomic mass is 9.96. The minimum atomic E-state index is -0.440. The van der Waals surface area contributed by atoms with Crippen LogP contribution in [0.2, 0.25) is 0 Å². The summed E-state index contributed by atoms with van der Waals surface area (Å²) in [7, 11) is 0. The number of benzene rings is 1. The number of nitrogens with one attached hydrogen (secondary N) is 4. The minimum absolute atomic E-state index is 0.000765. The van der Waals surface area contributed by atoms with Crippen LogP contribution in [0, 0.1) is 11.8 Å². The number of hydrogen-bond acceptors (Lipinski definition) is 16. The van der Waals surface area contributed by atoms with Crippen LogP contribution in [0.3, 0.4) is 0 Å². The monoisotopic (exact) mass is 1070 g/mol. The molecule has 6 aliphatic rings. The molecule has 4 atom stereocenters. The molecule has 0 spiro atoms. The topological polar surface area (TPSA) is 231 Å². The van der Waals surface area contributed by atoms with E-state index >= 15 is 0 Å². The first-order chi connectivity index (χ1) is 36.1. The number of ether oxygens (including phenoxy) is 6. The zero-order valence-electron chi connectivity index (χ0n) is 47.7. The van der Waals surface area contributed by atoms with Crippen LogP contribution >= 0.6 is 0 Å². The SMILES string of the molecule is CC(=O)NCC1CN(CC2CCN(C(=O)OC(C)(C)C)CC2)CCO1.CC(=O)NCC1CN(Cc2ccccc2)CCO1.CC(=O)NCC1CNCCO1.CC(C)(C)OC(=O)N1CCC(CN2CCOC(CN)C2)CC1. The van der Waals surface area contributed by atoms with Gasteiger partial charge in [-0.25, -0.2) is 9.59 Å². The molecular weight excluding hydrogens is 977 g/mol. The number of nitrogens with zero attached hydrogens (tertiary/aromatic N) is 5. The van der Waals surface area contributed by atoms with Gasteiger partial charge in [0, 0.05) is 145 Å². The van der Waals surface area contributed by atoms with Gasteiger partial charge in [0.2, 0.25) is 17.7 Å². The largest absolute Gasteiger partial charge is 0.444 e. The van der Waals surface area contributed by atoms with Gasteiger partial charge in [-0.15, -0.1) is 0 Å². The first-order valence-corrected chi connectivity index (χ1v) is 27.9. The summed E-state index contributed by atoms with van der Waals surface area (Å²) in [6.07, 6.45) is 4.22. The van der Waals surface area contributed by atoms with E-state index < -0.39 is 11.2 Å². The number of morpholine rings is 4. The Bertz CT molecular complexity index is 1830. The molecule has 76 heavy (non-hydrogen) atoms. The lowest BCUT2D eigenvalue weighted by molar-refractivity contribution is -0.121. The van der Waals surface area contributed by atoms with Crippen LogP contribution in [0.1, 0.15) is 93.6 Å². The number of amides is 5. The summed E-state index contributed by atoms with van der Waals surface area (Å²) in [5.74, 6) is 1.22. The minimum Gasteiger partial charge on any atom is -0.444 e.